The predicted molar refractivity (Wildman–Crippen MR) is 120 cm³/mol. The first kappa shape index (κ1) is 19.6. The third-order valence-electron chi connectivity index (χ3n) is 4.50. The fourth-order valence-electron chi connectivity index (χ4n) is 3.07. The van der Waals surface area contributed by atoms with Gasteiger partial charge in [0.15, 0.2) is 5.17 Å². The van der Waals surface area contributed by atoms with Crippen molar-refractivity contribution in [1.82, 2.24) is 4.90 Å². The van der Waals surface area contributed by atoms with Crippen LogP contribution in [0.5, 0.6) is 0 Å². The van der Waals surface area contributed by atoms with Gasteiger partial charge in [-0.25, -0.2) is 9.38 Å². The number of hydrogen-bond acceptors (Lipinski definition) is 4. The van der Waals surface area contributed by atoms with E-state index in [1.165, 1.54) is 29.5 Å². The van der Waals surface area contributed by atoms with Crippen molar-refractivity contribution in [2.45, 2.75) is 20.4 Å². The minimum Gasteiger partial charge on any atom is -0.281 e. The van der Waals surface area contributed by atoms with Gasteiger partial charge in [-0.1, -0.05) is 35.9 Å². The van der Waals surface area contributed by atoms with E-state index in [0.29, 0.717) is 22.2 Å². The Bertz CT molecular complexity index is 1120. The second-order valence-electron chi connectivity index (χ2n) is 6.82. The van der Waals surface area contributed by atoms with Crippen LogP contribution in [0.3, 0.4) is 0 Å². The van der Waals surface area contributed by atoms with Crippen LogP contribution in [0.25, 0.3) is 6.08 Å². The minimum atomic E-state index is -0.325. The summed E-state index contributed by atoms with van der Waals surface area (Å²) >= 11 is 2.93. The molecule has 0 unspecified atom stereocenters. The highest BCUT2D eigenvalue weighted by Crippen LogP contribution is 2.36. The topological polar surface area (TPSA) is 32.7 Å². The Labute approximate surface area is 177 Å². The zero-order valence-electron chi connectivity index (χ0n) is 16.1. The molecule has 146 valence electrons. The smallest absolute Gasteiger partial charge is 0.267 e. The standard InChI is InChI=1S/C23H19FN2OS2/c1-15-8-9-20(16(2)11-15)25-23-26(14-19-7-4-10-28-19)22(27)21(29-23)13-17-5-3-6-18(24)12-17/h3-13H,14H2,1-2H3. The van der Waals surface area contributed by atoms with Gasteiger partial charge in [-0.2, -0.15) is 0 Å². The first-order valence-electron chi connectivity index (χ1n) is 9.15. The number of thiophene rings is 1. The van der Waals surface area contributed by atoms with Gasteiger partial charge in [0.25, 0.3) is 5.91 Å². The van der Waals surface area contributed by atoms with Crippen molar-refractivity contribution >= 4 is 45.9 Å². The second-order valence-corrected chi connectivity index (χ2v) is 8.86. The first-order chi connectivity index (χ1) is 14.0. The fraction of sp³-hybridized carbons (Fsp3) is 0.130. The number of nitrogens with zero attached hydrogens (tertiary/aromatic N) is 2. The van der Waals surface area contributed by atoms with E-state index in [-0.39, 0.29) is 11.7 Å². The Hall–Kier alpha value is -2.70. The lowest BCUT2D eigenvalue weighted by molar-refractivity contribution is -0.122. The molecule has 2 aromatic carbocycles. The zero-order valence-corrected chi connectivity index (χ0v) is 17.7. The molecule has 0 aliphatic carbocycles. The van der Waals surface area contributed by atoms with E-state index in [1.54, 1.807) is 34.4 Å². The molecule has 29 heavy (non-hydrogen) atoms. The molecule has 1 aliphatic rings. The summed E-state index contributed by atoms with van der Waals surface area (Å²) in [7, 11) is 0. The van der Waals surface area contributed by atoms with Gasteiger partial charge in [0, 0.05) is 4.88 Å². The molecule has 1 saturated heterocycles. The molecule has 0 spiro atoms. The number of thioether (sulfide) groups is 1. The Morgan fingerprint density at radius 2 is 1.97 bits per heavy atom. The number of amidine groups is 1. The Balaban J connectivity index is 1.72. The lowest BCUT2D eigenvalue weighted by atomic mass is 10.1. The number of benzene rings is 2. The van der Waals surface area contributed by atoms with Crippen LogP contribution in [-0.4, -0.2) is 16.0 Å². The van der Waals surface area contributed by atoms with E-state index in [0.717, 1.165) is 16.1 Å². The molecule has 0 bridgehead atoms. The van der Waals surface area contributed by atoms with E-state index in [2.05, 4.69) is 6.07 Å². The number of halogens is 1. The number of hydrogen-bond donors (Lipinski definition) is 0. The normalized spacial score (nSPS) is 16.9. The molecule has 1 aliphatic heterocycles. The molecule has 0 radical (unpaired) electrons. The summed E-state index contributed by atoms with van der Waals surface area (Å²) in [6, 6.07) is 16.3. The van der Waals surface area contributed by atoms with Gasteiger partial charge in [-0.05, 0) is 72.5 Å². The van der Waals surface area contributed by atoms with Gasteiger partial charge < -0.3 is 0 Å². The third-order valence-corrected chi connectivity index (χ3v) is 6.36. The quantitative estimate of drug-likeness (QED) is 0.462. The molecule has 1 aromatic heterocycles. The SMILES string of the molecule is Cc1ccc(N=C2SC(=Cc3cccc(F)c3)C(=O)N2Cc2cccs2)c(C)c1. The van der Waals surface area contributed by atoms with Crippen molar-refractivity contribution in [3.63, 3.8) is 0 Å². The summed E-state index contributed by atoms with van der Waals surface area (Å²) in [6.45, 7) is 4.52. The van der Waals surface area contributed by atoms with Crippen molar-refractivity contribution in [2.24, 2.45) is 4.99 Å². The molecular weight excluding hydrogens is 403 g/mol. The maximum Gasteiger partial charge on any atom is 0.267 e. The average molecular weight is 423 g/mol. The predicted octanol–water partition coefficient (Wildman–Crippen LogP) is 6.31. The van der Waals surface area contributed by atoms with Crippen molar-refractivity contribution in [3.8, 4) is 0 Å². The van der Waals surface area contributed by atoms with E-state index < -0.39 is 0 Å². The summed E-state index contributed by atoms with van der Waals surface area (Å²) in [4.78, 5) is 21.2. The molecule has 4 rings (SSSR count). The van der Waals surface area contributed by atoms with E-state index >= 15 is 0 Å². The molecule has 2 heterocycles. The lowest BCUT2D eigenvalue weighted by Crippen LogP contribution is -2.28. The molecule has 3 nitrogen and oxygen atoms in total. The molecule has 1 fully saturated rings. The Kier molecular flexibility index (Phi) is 5.65. The average Bonchev–Trinajstić information content (AvgIpc) is 3.28. The van der Waals surface area contributed by atoms with Gasteiger partial charge in [0.2, 0.25) is 0 Å². The fourth-order valence-corrected chi connectivity index (χ4v) is 4.75. The van der Waals surface area contributed by atoms with Crippen LogP contribution in [0.1, 0.15) is 21.6 Å². The number of rotatable bonds is 4. The maximum atomic E-state index is 13.6. The van der Waals surface area contributed by atoms with Crippen LogP contribution in [0.4, 0.5) is 10.1 Å². The van der Waals surface area contributed by atoms with Gasteiger partial charge in [0.05, 0.1) is 17.1 Å². The third kappa shape index (κ3) is 4.49. The monoisotopic (exact) mass is 422 g/mol. The first-order valence-corrected chi connectivity index (χ1v) is 10.8. The number of aryl methyl sites for hydroxylation is 2. The Morgan fingerprint density at radius 1 is 1.10 bits per heavy atom. The van der Waals surface area contributed by atoms with Crippen molar-refractivity contribution < 1.29 is 9.18 Å². The number of amides is 1. The molecule has 1 amide bonds. The summed E-state index contributed by atoms with van der Waals surface area (Å²) in [6.07, 6.45) is 1.72. The van der Waals surface area contributed by atoms with Crippen molar-refractivity contribution in [2.75, 3.05) is 0 Å². The highest BCUT2D eigenvalue weighted by atomic mass is 32.2. The molecule has 0 atom stereocenters. The van der Waals surface area contributed by atoms with E-state index in [4.69, 9.17) is 4.99 Å². The highest BCUT2D eigenvalue weighted by Gasteiger charge is 2.33. The summed E-state index contributed by atoms with van der Waals surface area (Å²) in [5, 5.41) is 2.63. The number of aliphatic imine (C=N–C) groups is 1. The molecular formula is C23H19FN2OS2. The molecule has 0 N–H and O–H groups in total. The van der Waals surface area contributed by atoms with Crippen LogP contribution in [-0.2, 0) is 11.3 Å². The lowest BCUT2D eigenvalue weighted by Gasteiger charge is -2.15. The number of carbonyl (C=O) groups excluding carboxylic acids is 1. The van der Waals surface area contributed by atoms with Crippen LogP contribution in [0.15, 0.2) is 69.9 Å². The van der Waals surface area contributed by atoms with Crippen LogP contribution < -0.4 is 0 Å². The summed E-state index contributed by atoms with van der Waals surface area (Å²) in [5.41, 5.74) is 3.73. The zero-order chi connectivity index (χ0) is 20.4. The van der Waals surface area contributed by atoms with Gasteiger partial charge in [-0.3, -0.25) is 9.69 Å². The minimum absolute atomic E-state index is 0.115. The largest absolute Gasteiger partial charge is 0.281 e. The van der Waals surface area contributed by atoms with Crippen LogP contribution in [0.2, 0.25) is 0 Å². The maximum absolute atomic E-state index is 13.6. The molecule has 3 aromatic rings. The Morgan fingerprint density at radius 3 is 2.69 bits per heavy atom. The summed E-state index contributed by atoms with van der Waals surface area (Å²) < 4.78 is 13.6. The highest BCUT2D eigenvalue weighted by molar-refractivity contribution is 8.18. The molecule has 0 saturated carbocycles. The van der Waals surface area contributed by atoms with Crippen LogP contribution >= 0.6 is 23.1 Å². The second kappa shape index (κ2) is 8.35. The van der Waals surface area contributed by atoms with Gasteiger partial charge >= 0.3 is 0 Å². The van der Waals surface area contributed by atoms with Crippen molar-refractivity contribution in [1.29, 1.82) is 0 Å². The van der Waals surface area contributed by atoms with Gasteiger partial charge in [-0.15, -0.1) is 11.3 Å². The van der Waals surface area contributed by atoms with Crippen molar-refractivity contribution in [3.05, 3.63) is 92.3 Å². The van der Waals surface area contributed by atoms with E-state index in [1.807, 2.05) is 43.5 Å². The van der Waals surface area contributed by atoms with E-state index in [9.17, 15) is 9.18 Å². The van der Waals surface area contributed by atoms with Crippen LogP contribution in [0, 0.1) is 19.7 Å². The summed E-state index contributed by atoms with van der Waals surface area (Å²) in [5.74, 6) is -0.439. The van der Waals surface area contributed by atoms with Gasteiger partial charge in [0.1, 0.15) is 5.82 Å². The molecule has 6 heteroatoms. The number of carbonyl (C=O) groups is 1.